The first-order valence-corrected chi connectivity index (χ1v) is 8.55. The van der Waals surface area contributed by atoms with Gasteiger partial charge in [-0.05, 0) is 48.9 Å². The minimum absolute atomic E-state index is 0.0150. The van der Waals surface area contributed by atoms with Crippen LogP contribution in [-0.4, -0.2) is 28.0 Å². The van der Waals surface area contributed by atoms with E-state index in [1.165, 1.54) is 24.3 Å². The van der Waals surface area contributed by atoms with Crippen LogP contribution in [0.3, 0.4) is 0 Å². The molecule has 0 aromatic heterocycles. The maximum absolute atomic E-state index is 12.9. The largest absolute Gasteiger partial charge is 0.384 e. The van der Waals surface area contributed by atoms with Gasteiger partial charge < -0.3 is 10.4 Å². The second kappa shape index (κ2) is 7.02. The molecule has 6 heteroatoms. The highest BCUT2D eigenvalue weighted by molar-refractivity contribution is 7.84. The number of rotatable bonds is 5. The molecule has 0 saturated heterocycles. The van der Waals surface area contributed by atoms with Crippen molar-refractivity contribution in [3.63, 3.8) is 0 Å². The molecule has 0 aliphatic rings. The molecular weight excluding hydrogens is 317 g/mol. The van der Waals surface area contributed by atoms with E-state index in [1.807, 2.05) is 0 Å². The molecule has 23 heavy (non-hydrogen) atoms. The summed E-state index contributed by atoms with van der Waals surface area (Å²) in [5.74, 6) is -0.734. The molecule has 2 aromatic carbocycles. The summed E-state index contributed by atoms with van der Waals surface area (Å²) in [6, 6.07) is 11.9. The van der Waals surface area contributed by atoms with Crippen LogP contribution in [0.25, 0.3) is 0 Å². The number of carbonyl (C=O) groups is 1. The molecule has 4 nitrogen and oxygen atoms in total. The summed E-state index contributed by atoms with van der Waals surface area (Å²) in [5.41, 5.74) is -0.390. The highest BCUT2D eigenvalue weighted by atomic mass is 32.2. The lowest BCUT2D eigenvalue weighted by Gasteiger charge is -2.24. The fraction of sp³-hybridized carbons (Fsp3) is 0.235. The zero-order chi connectivity index (χ0) is 17.0. The van der Waals surface area contributed by atoms with Gasteiger partial charge in [0.2, 0.25) is 0 Å². The fourth-order valence-corrected chi connectivity index (χ4v) is 2.58. The molecule has 2 aromatic rings. The molecule has 2 unspecified atom stereocenters. The first-order chi connectivity index (χ1) is 10.8. The van der Waals surface area contributed by atoms with Crippen LogP contribution < -0.4 is 5.32 Å². The third-order valence-corrected chi connectivity index (χ3v) is 4.44. The Bertz CT molecular complexity index is 712. The third kappa shape index (κ3) is 4.46. The van der Waals surface area contributed by atoms with Crippen molar-refractivity contribution in [1.82, 2.24) is 5.32 Å². The molecule has 0 heterocycles. The maximum Gasteiger partial charge on any atom is 0.251 e. The van der Waals surface area contributed by atoms with Crippen LogP contribution in [0.1, 0.15) is 22.8 Å². The number of carbonyl (C=O) groups excluding carboxylic acids is 1. The van der Waals surface area contributed by atoms with Gasteiger partial charge in [0, 0.05) is 27.5 Å². The standard InChI is InChI=1S/C17H18FNO3S/c1-17(21,13-5-7-14(18)8-6-13)11-19-16(20)12-3-9-15(10-4-12)23(2)22/h3-10,21H,11H2,1-2H3,(H,19,20). The first-order valence-electron chi connectivity index (χ1n) is 7.00. The summed E-state index contributed by atoms with van der Waals surface area (Å²) in [7, 11) is -1.10. The molecule has 1 amide bonds. The minimum atomic E-state index is -1.31. The fourth-order valence-electron chi connectivity index (χ4n) is 2.06. The van der Waals surface area contributed by atoms with E-state index < -0.39 is 16.4 Å². The predicted octanol–water partition coefficient (Wildman–Crippen LogP) is 2.20. The van der Waals surface area contributed by atoms with Crippen LogP contribution in [0.2, 0.25) is 0 Å². The molecule has 0 aliphatic carbocycles. The molecule has 2 rings (SSSR count). The second-order valence-corrected chi connectivity index (χ2v) is 6.82. The average Bonchev–Trinajstić information content (AvgIpc) is 2.53. The summed E-state index contributed by atoms with van der Waals surface area (Å²) in [4.78, 5) is 12.7. The third-order valence-electron chi connectivity index (χ3n) is 3.51. The summed E-state index contributed by atoms with van der Waals surface area (Å²) in [6.45, 7) is 1.53. The van der Waals surface area contributed by atoms with Gasteiger partial charge in [0.1, 0.15) is 11.4 Å². The van der Waals surface area contributed by atoms with Crippen LogP contribution in [-0.2, 0) is 16.4 Å². The lowest BCUT2D eigenvalue weighted by molar-refractivity contribution is 0.0526. The zero-order valence-corrected chi connectivity index (χ0v) is 13.7. The molecule has 0 radical (unpaired) electrons. The Balaban J connectivity index is 2.02. The number of aliphatic hydroxyl groups is 1. The van der Waals surface area contributed by atoms with Crippen molar-refractivity contribution >= 4 is 16.7 Å². The van der Waals surface area contributed by atoms with E-state index in [4.69, 9.17) is 0 Å². The minimum Gasteiger partial charge on any atom is -0.384 e. The molecule has 0 bridgehead atoms. The van der Waals surface area contributed by atoms with E-state index in [2.05, 4.69) is 5.32 Å². The highest BCUT2D eigenvalue weighted by Gasteiger charge is 2.24. The molecule has 0 fully saturated rings. The number of hydrogen-bond acceptors (Lipinski definition) is 3. The normalized spacial score (nSPS) is 14.8. The van der Waals surface area contributed by atoms with Crippen LogP contribution in [0, 0.1) is 5.82 Å². The van der Waals surface area contributed by atoms with Crippen molar-refractivity contribution in [3.05, 3.63) is 65.5 Å². The van der Waals surface area contributed by atoms with Crippen molar-refractivity contribution in [3.8, 4) is 0 Å². The van der Waals surface area contributed by atoms with Gasteiger partial charge in [-0.1, -0.05) is 12.1 Å². The Labute approximate surface area is 136 Å². The molecule has 2 N–H and O–H groups in total. The molecule has 0 spiro atoms. The van der Waals surface area contributed by atoms with Gasteiger partial charge in [-0.2, -0.15) is 0 Å². The van der Waals surface area contributed by atoms with Gasteiger partial charge in [0.25, 0.3) is 5.91 Å². The van der Waals surface area contributed by atoms with Gasteiger partial charge >= 0.3 is 0 Å². The van der Waals surface area contributed by atoms with Crippen molar-refractivity contribution < 1.29 is 18.5 Å². The summed E-state index contributed by atoms with van der Waals surface area (Å²) < 4.78 is 24.2. The Morgan fingerprint density at radius 3 is 2.26 bits per heavy atom. The Morgan fingerprint density at radius 1 is 1.17 bits per heavy atom. The van der Waals surface area contributed by atoms with E-state index in [0.29, 0.717) is 16.0 Å². The number of benzene rings is 2. The van der Waals surface area contributed by atoms with E-state index in [1.54, 1.807) is 37.4 Å². The van der Waals surface area contributed by atoms with Crippen molar-refractivity contribution in [2.45, 2.75) is 17.4 Å². The molecule has 2 atom stereocenters. The van der Waals surface area contributed by atoms with Crippen molar-refractivity contribution in [2.24, 2.45) is 0 Å². The van der Waals surface area contributed by atoms with Crippen LogP contribution >= 0.6 is 0 Å². The van der Waals surface area contributed by atoms with Crippen LogP contribution in [0.4, 0.5) is 4.39 Å². The van der Waals surface area contributed by atoms with Crippen LogP contribution in [0.5, 0.6) is 0 Å². The smallest absolute Gasteiger partial charge is 0.251 e. The zero-order valence-electron chi connectivity index (χ0n) is 12.9. The number of amides is 1. The summed E-state index contributed by atoms with van der Waals surface area (Å²) in [6.07, 6.45) is 1.56. The van der Waals surface area contributed by atoms with Gasteiger partial charge in [0.05, 0.1) is 6.54 Å². The number of halogens is 1. The predicted molar refractivity (Wildman–Crippen MR) is 87.1 cm³/mol. The summed E-state index contributed by atoms with van der Waals surface area (Å²) in [5, 5.41) is 13.1. The molecule has 0 aliphatic heterocycles. The number of hydrogen-bond donors (Lipinski definition) is 2. The Hall–Kier alpha value is -2.05. The van der Waals surface area contributed by atoms with E-state index in [-0.39, 0.29) is 18.3 Å². The van der Waals surface area contributed by atoms with Crippen molar-refractivity contribution in [1.29, 1.82) is 0 Å². The van der Waals surface area contributed by atoms with Gasteiger partial charge in [-0.15, -0.1) is 0 Å². The monoisotopic (exact) mass is 335 g/mol. The Morgan fingerprint density at radius 2 is 1.74 bits per heavy atom. The molecular formula is C17H18FNO3S. The molecule has 122 valence electrons. The van der Waals surface area contributed by atoms with Crippen molar-refractivity contribution in [2.75, 3.05) is 12.8 Å². The average molecular weight is 335 g/mol. The van der Waals surface area contributed by atoms with Crippen LogP contribution in [0.15, 0.2) is 53.4 Å². The number of nitrogens with one attached hydrogen (secondary N) is 1. The van der Waals surface area contributed by atoms with Gasteiger partial charge in [-0.3, -0.25) is 9.00 Å². The second-order valence-electron chi connectivity index (χ2n) is 5.44. The Kier molecular flexibility index (Phi) is 5.28. The summed E-state index contributed by atoms with van der Waals surface area (Å²) >= 11 is 0. The van der Waals surface area contributed by atoms with E-state index in [0.717, 1.165) is 0 Å². The topological polar surface area (TPSA) is 66.4 Å². The highest BCUT2D eigenvalue weighted by Crippen LogP contribution is 2.20. The van der Waals surface area contributed by atoms with Gasteiger partial charge in [0.15, 0.2) is 0 Å². The lowest BCUT2D eigenvalue weighted by atomic mass is 9.96. The SMILES string of the molecule is CS(=O)c1ccc(C(=O)NCC(C)(O)c2ccc(F)cc2)cc1. The van der Waals surface area contributed by atoms with Gasteiger partial charge in [-0.25, -0.2) is 4.39 Å². The molecule has 0 saturated carbocycles. The van der Waals surface area contributed by atoms with E-state index in [9.17, 15) is 18.5 Å². The first kappa shape index (κ1) is 17.3. The quantitative estimate of drug-likeness (QED) is 0.880. The van der Waals surface area contributed by atoms with E-state index >= 15 is 0 Å². The lowest BCUT2D eigenvalue weighted by Crippen LogP contribution is -2.38. The maximum atomic E-state index is 12.9.